The molecule has 2 heteroatoms. The van der Waals surface area contributed by atoms with Gasteiger partial charge in [0, 0.05) is 6.42 Å². The van der Waals surface area contributed by atoms with Crippen molar-refractivity contribution in [2.24, 2.45) is 17.3 Å². The number of fused-ring (bicyclic) bond motifs is 2. The highest BCUT2D eigenvalue weighted by molar-refractivity contribution is 5.69. The molecule has 3 unspecified atom stereocenters. The van der Waals surface area contributed by atoms with E-state index in [1.165, 1.54) is 24.8 Å². The molecule has 17 heavy (non-hydrogen) atoms. The Morgan fingerprint density at radius 3 is 2.94 bits per heavy atom. The van der Waals surface area contributed by atoms with E-state index < -0.39 is 0 Å². The highest BCUT2D eigenvalue weighted by Gasteiger charge is 2.50. The third kappa shape index (κ3) is 2.18. The number of allylic oxidation sites excluding steroid dienone is 1. The normalized spacial score (nSPS) is 35.0. The first-order chi connectivity index (χ1) is 8.08. The Labute approximate surface area is 104 Å². The molecular weight excluding hydrogens is 212 g/mol. The monoisotopic (exact) mass is 234 g/mol. The maximum Gasteiger partial charge on any atom is 0.306 e. The fourth-order valence-corrected chi connectivity index (χ4v) is 3.56. The molecule has 0 aromatic rings. The van der Waals surface area contributed by atoms with Crippen LogP contribution in [0, 0.1) is 17.3 Å². The number of esters is 1. The predicted octanol–water partition coefficient (Wildman–Crippen LogP) is 3.49. The summed E-state index contributed by atoms with van der Waals surface area (Å²) < 4.78 is 5.02. The Morgan fingerprint density at radius 2 is 2.35 bits per heavy atom. The van der Waals surface area contributed by atoms with Crippen LogP contribution in [-0.2, 0) is 9.53 Å². The van der Waals surface area contributed by atoms with Crippen molar-refractivity contribution in [3.63, 3.8) is 0 Å². The van der Waals surface area contributed by atoms with E-state index in [9.17, 15) is 4.79 Å². The van der Waals surface area contributed by atoms with Crippen molar-refractivity contribution >= 4 is 5.97 Å². The van der Waals surface area contributed by atoms with Crippen LogP contribution in [0.15, 0.2) is 24.8 Å². The Balaban J connectivity index is 1.88. The molecular formula is C15H22O2. The van der Waals surface area contributed by atoms with Crippen molar-refractivity contribution < 1.29 is 9.53 Å². The lowest BCUT2D eigenvalue weighted by Crippen LogP contribution is -2.27. The molecule has 0 heterocycles. The molecule has 2 rings (SSSR count). The van der Waals surface area contributed by atoms with Gasteiger partial charge in [0.1, 0.15) is 6.61 Å². The summed E-state index contributed by atoms with van der Waals surface area (Å²) in [5.74, 6) is 1.35. The molecule has 0 aromatic carbocycles. The van der Waals surface area contributed by atoms with Crippen LogP contribution >= 0.6 is 0 Å². The summed E-state index contributed by atoms with van der Waals surface area (Å²) in [6.45, 7) is 10.4. The van der Waals surface area contributed by atoms with Gasteiger partial charge in [-0.15, -0.1) is 0 Å². The van der Waals surface area contributed by atoms with Crippen LogP contribution in [-0.4, -0.2) is 12.6 Å². The van der Waals surface area contributed by atoms with Crippen LogP contribution in [0.3, 0.4) is 0 Å². The zero-order chi connectivity index (χ0) is 12.5. The summed E-state index contributed by atoms with van der Waals surface area (Å²) in [4.78, 5) is 11.5. The van der Waals surface area contributed by atoms with Crippen molar-refractivity contribution in [3.05, 3.63) is 24.8 Å². The summed E-state index contributed by atoms with van der Waals surface area (Å²) in [6.07, 6.45) is 6.91. The van der Waals surface area contributed by atoms with Gasteiger partial charge in [0.2, 0.25) is 0 Å². The molecule has 0 radical (unpaired) electrons. The van der Waals surface area contributed by atoms with Crippen LogP contribution < -0.4 is 0 Å². The zero-order valence-corrected chi connectivity index (χ0v) is 10.7. The molecule has 2 saturated carbocycles. The van der Waals surface area contributed by atoms with E-state index in [0.29, 0.717) is 18.9 Å². The van der Waals surface area contributed by atoms with E-state index in [0.717, 1.165) is 12.3 Å². The predicted molar refractivity (Wildman–Crippen MR) is 68.5 cm³/mol. The average Bonchev–Trinajstić information content (AvgIpc) is 2.88. The quantitative estimate of drug-likeness (QED) is 0.537. The third-order valence-corrected chi connectivity index (χ3v) is 4.77. The molecule has 0 aromatic heterocycles. The van der Waals surface area contributed by atoms with E-state index in [-0.39, 0.29) is 11.4 Å². The first kappa shape index (κ1) is 12.4. The lowest BCUT2D eigenvalue weighted by Gasteiger charge is -2.36. The van der Waals surface area contributed by atoms with Gasteiger partial charge in [0.05, 0.1) is 0 Å². The molecule has 0 N–H and O–H groups in total. The van der Waals surface area contributed by atoms with Gasteiger partial charge in [-0.2, -0.15) is 0 Å². The Morgan fingerprint density at radius 1 is 1.59 bits per heavy atom. The number of hydrogen-bond acceptors (Lipinski definition) is 2. The van der Waals surface area contributed by atoms with E-state index in [4.69, 9.17) is 4.74 Å². The SMILES string of the molecule is C=CCOC(=O)CCC1(C)C(=C)C2CCC1C2. The first-order valence-electron chi connectivity index (χ1n) is 6.53. The zero-order valence-electron chi connectivity index (χ0n) is 10.7. The topological polar surface area (TPSA) is 26.3 Å². The minimum Gasteiger partial charge on any atom is -0.461 e. The second-order valence-corrected chi connectivity index (χ2v) is 5.62. The molecule has 2 nitrogen and oxygen atoms in total. The van der Waals surface area contributed by atoms with Crippen LogP contribution in [0.25, 0.3) is 0 Å². The fourth-order valence-electron chi connectivity index (χ4n) is 3.56. The maximum atomic E-state index is 11.5. The van der Waals surface area contributed by atoms with Gasteiger partial charge in [0.15, 0.2) is 0 Å². The lowest BCUT2D eigenvalue weighted by molar-refractivity contribution is -0.143. The average molecular weight is 234 g/mol. The summed E-state index contributed by atoms with van der Waals surface area (Å²) in [7, 11) is 0. The molecule has 2 aliphatic carbocycles. The van der Waals surface area contributed by atoms with Crippen LogP contribution in [0.4, 0.5) is 0 Å². The molecule has 0 amide bonds. The Kier molecular flexibility index (Phi) is 3.41. The third-order valence-electron chi connectivity index (χ3n) is 4.77. The highest BCUT2D eigenvalue weighted by atomic mass is 16.5. The molecule has 0 spiro atoms. The second kappa shape index (κ2) is 4.67. The fraction of sp³-hybridized carbons (Fsp3) is 0.667. The number of carbonyl (C=O) groups excluding carboxylic acids is 1. The van der Waals surface area contributed by atoms with Gasteiger partial charge < -0.3 is 4.74 Å². The second-order valence-electron chi connectivity index (χ2n) is 5.62. The first-order valence-corrected chi connectivity index (χ1v) is 6.53. The number of hydrogen-bond donors (Lipinski definition) is 0. The van der Waals surface area contributed by atoms with E-state index >= 15 is 0 Å². The smallest absolute Gasteiger partial charge is 0.306 e. The van der Waals surface area contributed by atoms with Crippen molar-refractivity contribution in [1.82, 2.24) is 0 Å². The molecule has 0 aliphatic heterocycles. The van der Waals surface area contributed by atoms with Crippen LogP contribution in [0.2, 0.25) is 0 Å². The molecule has 94 valence electrons. The minimum absolute atomic E-state index is 0.110. The van der Waals surface area contributed by atoms with Gasteiger partial charge in [0.25, 0.3) is 0 Å². The molecule has 2 bridgehead atoms. The van der Waals surface area contributed by atoms with Gasteiger partial charge in [-0.1, -0.05) is 31.7 Å². The Bertz CT molecular complexity index is 345. The molecule has 2 fully saturated rings. The summed E-state index contributed by atoms with van der Waals surface area (Å²) in [5, 5.41) is 0. The minimum atomic E-state index is -0.110. The van der Waals surface area contributed by atoms with Crippen molar-refractivity contribution in [2.75, 3.05) is 6.61 Å². The summed E-state index contributed by atoms with van der Waals surface area (Å²) >= 11 is 0. The van der Waals surface area contributed by atoms with Crippen LogP contribution in [0.1, 0.15) is 39.0 Å². The van der Waals surface area contributed by atoms with Gasteiger partial charge in [-0.25, -0.2) is 0 Å². The lowest BCUT2D eigenvalue weighted by atomic mass is 9.69. The largest absolute Gasteiger partial charge is 0.461 e. The summed E-state index contributed by atoms with van der Waals surface area (Å²) in [5.41, 5.74) is 1.56. The summed E-state index contributed by atoms with van der Waals surface area (Å²) in [6, 6.07) is 0. The van der Waals surface area contributed by atoms with Crippen molar-refractivity contribution in [3.8, 4) is 0 Å². The van der Waals surface area contributed by atoms with E-state index in [1.54, 1.807) is 6.08 Å². The van der Waals surface area contributed by atoms with E-state index in [2.05, 4.69) is 20.1 Å². The van der Waals surface area contributed by atoms with Gasteiger partial charge in [-0.3, -0.25) is 4.79 Å². The molecule has 3 atom stereocenters. The molecule has 0 saturated heterocycles. The highest BCUT2D eigenvalue weighted by Crippen LogP contribution is 2.60. The van der Waals surface area contributed by atoms with Crippen LogP contribution in [0.5, 0.6) is 0 Å². The van der Waals surface area contributed by atoms with Gasteiger partial charge in [-0.05, 0) is 42.9 Å². The van der Waals surface area contributed by atoms with Gasteiger partial charge >= 0.3 is 5.97 Å². The molecule has 2 aliphatic rings. The van der Waals surface area contributed by atoms with E-state index in [1.807, 2.05) is 0 Å². The Hall–Kier alpha value is -1.05. The number of ether oxygens (including phenoxy) is 1. The number of carbonyl (C=O) groups is 1. The maximum absolute atomic E-state index is 11.5. The van der Waals surface area contributed by atoms with Crippen molar-refractivity contribution in [1.29, 1.82) is 0 Å². The van der Waals surface area contributed by atoms with Crippen molar-refractivity contribution in [2.45, 2.75) is 39.0 Å². The standard InChI is InChI=1S/C15H22O2/c1-4-9-17-14(16)7-8-15(3)11(2)12-5-6-13(15)10-12/h4,12-13H,1-2,5-10H2,3H3. The number of rotatable bonds is 5.